The molecular weight excluding hydrogens is 404 g/mol. The van der Waals surface area contributed by atoms with Crippen molar-refractivity contribution < 1.29 is 19.1 Å². The van der Waals surface area contributed by atoms with Crippen molar-refractivity contribution >= 4 is 23.2 Å². The molecule has 0 aliphatic rings. The molecule has 3 rings (SSSR count). The second-order valence-electron chi connectivity index (χ2n) is 7.23. The summed E-state index contributed by atoms with van der Waals surface area (Å²) in [4.78, 5) is 24.9. The molecule has 0 aliphatic carbocycles. The highest BCUT2D eigenvalue weighted by Crippen LogP contribution is 2.18. The van der Waals surface area contributed by atoms with Gasteiger partial charge in [0.1, 0.15) is 11.5 Å². The molecule has 0 spiro atoms. The summed E-state index contributed by atoms with van der Waals surface area (Å²) in [5.74, 6) is 1.06. The number of ether oxygens (including phenoxy) is 2. The molecule has 3 aromatic rings. The highest BCUT2D eigenvalue weighted by atomic mass is 16.5. The van der Waals surface area contributed by atoms with Crippen LogP contribution in [0.3, 0.4) is 0 Å². The predicted molar refractivity (Wildman–Crippen MR) is 127 cm³/mol. The van der Waals surface area contributed by atoms with Crippen LogP contribution in [-0.4, -0.2) is 25.0 Å². The van der Waals surface area contributed by atoms with Gasteiger partial charge in [-0.1, -0.05) is 13.8 Å². The van der Waals surface area contributed by atoms with Crippen LogP contribution in [0.25, 0.3) is 0 Å². The Bertz CT molecular complexity index is 929. The van der Waals surface area contributed by atoms with Crippen molar-refractivity contribution in [2.24, 2.45) is 0 Å². The summed E-state index contributed by atoms with van der Waals surface area (Å²) in [6, 6.07) is 21.0. The third-order valence-electron chi connectivity index (χ3n) is 4.58. The first kappa shape index (κ1) is 22.9. The lowest BCUT2D eigenvalue weighted by molar-refractivity contribution is 0.101. The van der Waals surface area contributed by atoms with Crippen molar-refractivity contribution in [1.82, 2.24) is 0 Å². The number of benzene rings is 3. The van der Waals surface area contributed by atoms with Crippen LogP contribution in [-0.2, 0) is 0 Å². The number of amides is 2. The van der Waals surface area contributed by atoms with E-state index in [1.54, 1.807) is 72.8 Å². The monoisotopic (exact) mass is 432 g/mol. The van der Waals surface area contributed by atoms with Gasteiger partial charge >= 0.3 is 0 Å². The summed E-state index contributed by atoms with van der Waals surface area (Å²) in [5.41, 5.74) is 2.35. The fraction of sp³-hybridized carbons (Fsp3) is 0.231. The Labute approximate surface area is 188 Å². The summed E-state index contributed by atoms with van der Waals surface area (Å²) < 4.78 is 11.1. The molecule has 0 radical (unpaired) electrons. The minimum absolute atomic E-state index is 0.214. The van der Waals surface area contributed by atoms with Gasteiger partial charge in [0.25, 0.3) is 11.8 Å². The molecule has 166 valence electrons. The largest absolute Gasteiger partial charge is 0.494 e. The molecule has 0 heterocycles. The first-order valence-electron chi connectivity index (χ1n) is 10.8. The van der Waals surface area contributed by atoms with Gasteiger partial charge in [0.05, 0.1) is 13.2 Å². The summed E-state index contributed by atoms with van der Waals surface area (Å²) in [7, 11) is 0. The Morgan fingerprint density at radius 1 is 0.594 bits per heavy atom. The number of hydrogen-bond acceptors (Lipinski definition) is 4. The lowest BCUT2D eigenvalue weighted by Crippen LogP contribution is -2.13. The molecule has 0 bridgehead atoms. The van der Waals surface area contributed by atoms with E-state index in [1.165, 1.54) is 0 Å². The highest BCUT2D eigenvalue weighted by Gasteiger charge is 2.09. The van der Waals surface area contributed by atoms with Crippen LogP contribution in [0, 0.1) is 0 Å². The predicted octanol–water partition coefficient (Wildman–Crippen LogP) is 5.77. The molecular formula is C26H28N2O4. The van der Waals surface area contributed by atoms with E-state index < -0.39 is 0 Å². The van der Waals surface area contributed by atoms with E-state index in [2.05, 4.69) is 10.6 Å². The van der Waals surface area contributed by atoms with Crippen molar-refractivity contribution in [3.8, 4) is 11.5 Å². The number of rotatable bonds is 10. The average molecular weight is 433 g/mol. The molecule has 32 heavy (non-hydrogen) atoms. The minimum Gasteiger partial charge on any atom is -0.494 e. The van der Waals surface area contributed by atoms with Gasteiger partial charge in [0.15, 0.2) is 0 Å². The third-order valence-corrected chi connectivity index (χ3v) is 4.58. The number of nitrogens with one attached hydrogen (secondary N) is 2. The van der Waals surface area contributed by atoms with Crippen LogP contribution in [0.2, 0.25) is 0 Å². The van der Waals surface area contributed by atoms with Gasteiger partial charge in [-0.15, -0.1) is 0 Å². The standard InChI is InChI=1S/C26H28N2O4/c1-3-17-31-23-13-5-19(6-14-23)25(29)27-21-9-11-22(12-10-21)28-26(30)20-7-15-24(16-8-20)32-18-4-2/h5-16H,3-4,17-18H2,1-2H3,(H,27,29)(H,28,30). The molecule has 0 unspecified atom stereocenters. The van der Waals surface area contributed by atoms with Crippen molar-refractivity contribution in [2.75, 3.05) is 23.8 Å². The molecule has 0 aromatic heterocycles. The van der Waals surface area contributed by atoms with Gasteiger partial charge in [0, 0.05) is 22.5 Å². The quantitative estimate of drug-likeness (QED) is 0.426. The molecule has 0 atom stereocenters. The SMILES string of the molecule is CCCOc1ccc(C(=O)Nc2ccc(NC(=O)c3ccc(OCCC)cc3)cc2)cc1. The molecule has 2 amide bonds. The third kappa shape index (κ3) is 6.60. The lowest BCUT2D eigenvalue weighted by atomic mass is 10.2. The van der Waals surface area contributed by atoms with Crippen LogP contribution in [0.1, 0.15) is 47.4 Å². The van der Waals surface area contributed by atoms with Gasteiger partial charge in [-0.3, -0.25) is 9.59 Å². The summed E-state index contributed by atoms with van der Waals surface area (Å²) in [5, 5.41) is 5.70. The number of anilines is 2. The normalized spacial score (nSPS) is 10.3. The van der Waals surface area contributed by atoms with Crippen molar-refractivity contribution in [1.29, 1.82) is 0 Å². The minimum atomic E-state index is -0.214. The second kappa shape index (κ2) is 11.6. The Balaban J connectivity index is 1.54. The smallest absolute Gasteiger partial charge is 0.255 e. The van der Waals surface area contributed by atoms with Crippen LogP contribution in [0.4, 0.5) is 11.4 Å². The zero-order valence-electron chi connectivity index (χ0n) is 18.4. The van der Waals surface area contributed by atoms with E-state index in [4.69, 9.17) is 9.47 Å². The van der Waals surface area contributed by atoms with Crippen molar-refractivity contribution in [2.45, 2.75) is 26.7 Å². The van der Waals surface area contributed by atoms with Crippen LogP contribution >= 0.6 is 0 Å². The number of carbonyl (C=O) groups is 2. The van der Waals surface area contributed by atoms with Crippen molar-refractivity contribution in [3.05, 3.63) is 83.9 Å². The fourth-order valence-electron chi connectivity index (χ4n) is 2.89. The van der Waals surface area contributed by atoms with Crippen LogP contribution < -0.4 is 20.1 Å². The fourth-order valence-corrected chi connectivity index (χ4v) is 2.89. The molecule has 0 aliphatic heterocycles. The summed E-state index contributed by atoms with van der Waals surface area (Å²) in [6.07, 6.45) is 1.86. The molecule has 0 saturated carbocycles. The van der Waals surface area contributed by atoms with Gasteiger partial charge in [-0.2, -0.15) is 0 Å². The zero-order valence-corrected chi connectivity index (χ0v) is 18.4. The Kier molecular flexibility index (Phi) is 8.26. The van der Waals surface area contributed by atoms with Gasteiger partial charge < -0.3 is 20.1 Å². The molecule has 3 aromatic carbocycles. The van der Waals surface area contributed by atoms with Crippen LogP contribution in [0.15, 0.2) is 72.8 Å². The van der Waals surface area contributed by atoms with E-state index in [9.17, 15) is 9.59 Å². The van der Waals surface area contributed by atoms with Crippen molar-refractivity contribution in [3.63, 3.8) is 0 Å². The van der Waals surface area contributed by atoms with Gasteiger partial charge in [-0.05, 0) is 85.6 Å². The Morgan fingerprint density at radius 3 is 1.25 bits per heavy atom. The summed E-state index contributed by atoms with van der Waals surface area (Å²) >= 11 is 0. The highest BCUT2D eigenvalue weighted by molar-refractivity contribution is 6.05. The number of hydrogen-bond donors (Lipinski definition) is 2. The maximum absolute atomic E-state index is 12.4. The number of carbonyl (C=O) groups excluding carboxylic acids is 2. The van der Waals surface area contributed by atoms with E-state index in [0.717, 1.165) is 24.3 Å². The Morgan fingerprint density at radius 2 is 0.938 bits per heavy atom. The van der Waals surface area contributed by atoms with Crippen LogP contribution in [0.5, 0.6) is 11.5 Å². The second-order valence-corrected chi connectivity index (χ2v) is 7.23. The molecule has 2 N–H and O–H groups in total. The molecule has 6 nitrogen and oxygen atoms in total. The lowest BCUT2D eigenvalue weighted by Gasteiger charge is -2.09. The van der Waals surface area contributed by atoms with E-state index >= 15 is 0 Å². The maximum atomic E-state index is 12.4. The molecule has 6 heteroatoms. The molecule has 0 saturated heterocycles. The van der Waals surface area contributed by atoms with E-state index in [-0.39, 0.29) is 11.8 Å². The van der Waals surface area contributed by atoms with E-state index in [1.807, 2.05) is 13.8 Å². The maximum Gasteiger partial charge on any atom is 0.255 e. The Hall–Kier alpha value is -3.80. The van der Waals surface area contributed by atoms with Gasteiger partial charge in [0.2, 0.25) is 0 Å². The topological polar surface area (TPSA) is 76.7 Å². The van der Waals surface area contributed by atoms with Gasteiger partial charge in [-0.25, -0.2) is 0 Å². The first-order valence-corrected chi connectivity index (χ1v) is 10.8. The first-order chi connectivity index (χ1) is 15.6. The summed E-state index contributed by atoms with van der Waals surface area (Å²) in [6.45, 7) is 5.37. The zero-order chi connectivity index (χ0) is 22.8. The molecule has 0 fully saturated rings. The van der Waals surface area contributed by atoms with E-state index in [0.29, 0.717) is 35.7 Å². The average Bonchev–Trinajstić information content (AvgIpc) is 2.83.